The second-order valence-corrected chi connectivity index (χ2v) is 6.54. The molecule has 130 valence electrons. The van der Waals surface area contributed by atoms with Gasteiger partial charge in [0.1, 0.15) is 6.17 Å². The molecule has 25 heavy (non-hydrogen) atoms. The summed E-state index contributed by atoms with van der Waals surface area (Å²) in [4.78, 5) is 2.23. The highest BCUT2D eigenvalue weighted by Gasteiger charge is 2.21. The number of halogens is 2. The van der Waals surface area contributed by atoms with Crippen molar-refractivity contribution < 1.29 is 4.39 Å². The zero-order valence-corrected chi connectivity index (χ0v) is 15.0. The normalized spacial score (nSPS) is 15.7. The standard InChI is InChI=1S/C20H21ClFN3/c1-2-19(22)18-12-15(25-9-7-24-8-10-25)11-17(20(18)21)16-6-4-3-5-14(16)13-23/h3-6,11-12,19,24H,2,7-10H2,1H3. The summed E-state index contributed by atoms with van der Waals surface area (Å²) in [7, 11) is 0. The van der Waals surface area contributed by atoms with Crippen molar-refractivity contribution in [1.82, 2.24) is 5.32 Å². The van der Waals surface area contributed by atoms with Crippen LogP contribution in [-0.4, -0.2) is 26.2 Å². The van der Waals surface area contributed by atoms with Crippen LogP contribution in [0.4, 0.5) is 10.1 Å². The van der Waals surface area contributed by atoms with E-state index >= 15 is 0 Å². The molecule has 2 aromatic rings. The van der Waals surface area contributed by atoms with E-state index in [4.69, 9.17) is 11.6 Å². The topological polar surface area (TPSA) is 39.1 Å². The predicted molar refractivity (Wildman–Crippen MR) is 101 cm³/mol. The van der Waals surface area contributed by atoms with Crippen LogP contribution < -0.4 is 10.2 Å². The van der Waals surface area contributed by atoms with Crippen molar-refractivity contribution >= 4 is 17.3 Å². The van der Waals surface area contributed by atoms with Crippen LogP contribution in [0.2, 0.25) is 5.02 Å². The largest absolute Gasteiger partial charge is 0.369 e. The van der Waals surface area contributed by atoms with E-state index in [1.165, 1.54) is 0 Å². The minimum Gasteiger partial charge on any atom is -0.369 e. The number of piperazine rings is 1. The first-order chi connectivity index (χ1) is 12.2. The molecule has 0 radical (unpaired) electrons. The van der Waals surface area contributed by atoms with Gasteiger partial charge in [0.25, 0.3) is 0 Å². The summed E-state index contributed by atoms with van der Waals surface area (Å²) in [5.74, 6) is 0. The predicted octanol–water partition coefficient (Wildman–Crippen LogP) is 4.71. The number of nitriles is 1. The maximum Gasteiger partial charge on any atom is 0.126 e. The highest BCUT2D eigenvalue weighted by molar-refractivity contribution is 6.34. The fourth-order valence-corrected chi connectivity index (χ4v) is 3.53. The van der Waals surface area contributed by atoms with Gasteiger partial charge in [-0.25, -0.2) is 4.39 Å². The van der Waals surface area contributed by atoms with E-state index in [-0.39, 0.29) is 0 Å². The summed E-state index contributed by atoms with van der Waals surface area (Å²) in [6.07, 6.45) is -0.757. The molecule has 1 atom stereocenters. The zero-order chi connectivity index (χ0) is 17.8. The first-order valence-corrected chi connectivity index (χ1v) is 8.96. The zero-order valence-electron chi connectivity index (χ0n) is 14.2. The van der Waals surface area contributed by atoms with Crippen molar-refractivity contribution in [3.05, 3.63) is 52.5 Å². The fraction of sp³-hybridized carbons (Fsp3) is 0.350. The molecule has 1 aliphatic heterocycles. The van der Waals surface area contributed by atoms with Gasteiger partial charge in [0.15, 0.2) is 0 Å². The molecule has 0 spiro atoms. The second kappa shape index (κ2) is 7.86. The highest BCUT2D eigenvalue weighted by Crippen LogP contribution is 2.40. The SMILES string of the molecule is CCC(F)c1cc(N2CCNCC2)cc(-c2ccccc2C#N)c1Cl. The molecule has 0 saturated carbocycles. The van der Waals surface area contributed by atoms with Gasteiger partial charge >= 0.3 is 0 Å². The molecule has 2 aromatic carbocycles. The average molecular weight is 358 g/mol. The molecule has 1 aliphatic rings. The molecule has 0 bridgehead atoms. The Morgan fingerprint density at radius 2 is 1.96 bits per heavy atom. The summed E-state index contributed by atoms with van der Waals surface area (Å²) >= 11 is 6.58. The number of nitrogens with one attached hydrogen (secondary N) is 1. The average Bonchev–Trinajstić information content (AvgIpc) is 2.68. The third-order valence-electron chi connectivity index (χ3n) is 4.60. The van der Waals surface area contributed by atoms with Crippen molar-refractivity contribution in [2.24, 2.45) is 0 Å². The van der Waals surface area contributed by atoms with Gasteiger partial charge in [-0.15, -0.1) is 0 Å². The minimum atomic E-state index is -1.12. The third-order valence-corrected chi connectivity index (χ3v) is 5.02. The number of anilines is 1. The molecule has 1 unspecified atom stereocenters. The number of alkyl halides is 1. The van der Waals surface area contributed by atoms with Gasteiger partial charge in [-0.3, -0.25) is 0 Å². The van der Waals surface area contributed by atoms with Crippen LogP contribution in [0.25, 0.3) is 11.1 Å². The summed E-state index contributed by atoms with van der Waals surface area (Å²) < 4.78 is 14.6. The molecule has 0 aliphatic carbocycles. The van der Waals surface area contributed by atoms with Crippen LogP contribution in [0.5, 0.6) is 0 Å². The summed E-state index contributed by atoms with van der Waals surface area (Å²) in [6.45, 7) is 5.33. The van der Waals surface area contributed by atoms with Crippen LogP contribution in [-0.2, 0) is 0 Å². The first-order valence-electron chi connectivity index (χ1n) is 8.58. The van der Waals surface area contributed by atoms with Crippen molar-refractivity contribution in [3.8, 4) is 17.2 Å². The Balaban J connectivity index is 2.17. The van der Waals surface area contributed by atoms with Gasteiger partial charge in [-0.2, -0.15) is 5.26 Å². The van der Waals surface area contributed by atoms with Gasteiger partial charge in [-0.1, -0.05) is 36.7 Å². The molecule has 1 N–H and O–H groups in total. The van der Waals surface area contributed by atoms with Crippen LogP contribution in [0, 0.1) is 11.3 Å². The fourth-order valence-electron chi connectivity index (χ4n) is 3.20. The van der Waals surface area contributed by atoms with Crippen LogP contribution >= 0.6 is 11.6 Å². The molecular weight excluding hydrogens is 337 g/mol. The Bertz CT molecular complexity index is 794. The van der Waals surface area contributed by atoms with Crippen LogP contribution in [0.1, 0.15) is 30.6 Å². The van der Waals surface area contributed by atoms with Crippen molar-refractivity contribution in [2.75, 3.05) is 31.1 Å². The van der Waals surface area contributed by atoms with Crippen molar-refractivity contribution in [2.45, 2.75) is 19.5 Å². The Kier molecular flexibility index (Phi) is 5.57. The number of rotatable bonds is 4. The third kappa shape index (κ3) is 3.63. The second-order valence-electron chi connectivity index (χ2n) is 6.17. The molecule has 0 amide bonds. The lowest BCUT2D eigenvalue weighted by Gasteiger charge is -2.31. The molecule has 1 heterocycles. The number of hydrogen-bond acceptors (Lipinski definition) is 3. The van der Waals surface area contributed by atoms with Crippen LogP contribution in [0.15, 0.2) is 36.4 Å². The number of benzene rings is 2. The lowest BCUT2D eigenvalue weighted by atomic mass is 9.95. The Labute approximate surface area is 153 Å². The van der Waals surface area contributed by atoms with Gasteiger partial charge in [0.05, 0.1) is 16.7 Å². The number of nitrogens with zero attached hydrogens (tertiary/aromatic N) is 2. The number of hydrogen-bond donors (Lipinski definition) is 1. The smallest absolute Gasteiger partial charge is 0.126 e. The first kappa shape index (κ1) is 17.7. The maximum absolute atomic E-state index is 14.6. The Morgan fingerprint density at radius 3 is 2.64 bits per heavy atom. The van der Waals surface area contributed by atoms with Gasteiger partial charge < -0.3 is 10.2 Å². The highest BCUT2D eigenvalue weighted by atomic mass is 35.5. The lowest BCUT2D eigenvalue weighted by molar-refractivity contribution is 0.335. The van der Waals surface area contributed by atoms with Crippen molar-refractivity contribution in [3.63, 3.8) is 0 Å². The molecule has 5 heteroatoms. The van der Waals surface area contributed by atoms with E-state index in [2.05, 4.69) is 16.3 Å². The molecule has 1 fully saturated rings. The van der Waals surface area contributed by atoms with E-state index in [1.807, 2.05) is 30.3 Å². The van der Waals surface area contributed by atoms with E-state index in [1.54, 1.807) is 13.0 Å². The molecule has 1 saturated heterocycles. The van der Waals surface area contributed by atoms with E-state index < -0.39 is 6.17 Å². The Hall–Kier alpha value is -2.09. The summed E-state index contributed by atoms with van der Waals surface area (Å²) in [6, 6.07) is 13.4. The molecule has 3 nitrogen and oxygen atoms in total. The summed E-state index contributed by atoms with van der Waals surface area (Å²) in [5, 5.41) is 13.2. The van der Waals surface area contributed by atoms with Gasteiger partial charge in [0, 0.05) is 48.6 Å². The van der Waals surface area contributed by atoms with E-state index in [0.29, 0.717) is 22.6 Å². The van der Waals surface area contributed by atoms with E-state index in [9.17, 15) is 9.65 Å². The van der Waals surface area contributed by atoms with E-state index in [0.717, 1.165) is 43.0 Å². The maximum atomic E-state index is 14.6. The van der Waals surface area contributed by atoms with Crippen molar-refractivity contribution in [1.29, 1.82) is 5.26 Å². The van der Waals surface area contributed by atoms with Crippen LogP contribution in [0.3, 0.4) is 0 Å². The summed E-state index contributed by atoms with van der Waals surface area (Å²) in [5.41, 5.74) is 3.47. The Morgan fingerprint density at radius 1 is 1.24 bits per heavy atom. The molecule has 0 aromatic heterocycles. The monoisotopic (exact) mass is 357 g/mol. The molecule has 3 rings (SSSR count). The van der Waals surface area contributed by atoms with Gasteiger partial charge in [0.2, 0.25) is 0 Å². The lowest BCUT2D eigenvalue weighted by Crippen LogP contribution is -2.43. The molecular formula is C20H21ClFN3. The quantitative estimate of drug-likeness (QED) is 0.861. The van der Waals surface area contributed by atoms with Gasteiger partial charge in [-0.05, 0) is 24.6 Å². The minimum absolute atomic E-state index is 0.365.